The molecule has 0 spiro atoms. The van der Waals surface area contributed by atoms with Crippen molar-refractivity contribution in [1.82, 2.24) is 0 Å². The highest BCUT2D eigenvalue weighted by molar-refractivity contribution is 5.75. The summed E-state index contributed by atoms with van der Waals surface area (Å²) < 4.78 is 0. The van der Waals surface area contributed by atoms with Gasteiger partial charge in [-0.3, -0.25) is 4.79 Å². The summed E-state index contributed by atoms with van der Waals surface area (Å²) in [6.07, 6.45) is 0. The molecule has 90 valence electrons. The fourth-order valence-electron chi connectivity index (χ4n) is 1.21. The van der Waals surface area contributed by atoms with Crippen LogP contribution in [0.15, 0.2) is 30.3 Å². The van der Waals surface area contributed by atoms with E-state index in [0.29, 0.717) is 0 Å². The minimum Gasteiger partial charge on any atom is -0.481 e. The van der Waals surface area contributed by atoms with Gasteiger partial charge in [0.05, 0.1) is 5.41 Å². The second kappa shape index (κ2) is 6.28. The van der Waals surface area contributed by atoms with Crippen LogP contribution in [0.1, 0.15) is 39.3 Å². The average Bonchev–Trinajstić information content (AvgIpc) is 2.31. The van der Waals surface area contributed by atoms with Crippen LogP contribution in [0, 0.1) is 5.41 Å². The van der Waals surface area contributed by atoms with Crippen LogP contribution in [0.25, 0.3) is 0 Å². The van der Waals surface area contributed by atoms with Crippen LogP contribution >= 0.6 is 0 Å². The Labute approximate surface area is 97.3 Å². The van der Waals surface area contributed by atoms with Gasteiger partial charge in [-0.2, -0.15) is 0 Å². The van der Waals surface area contributed by atoms with Gasteiger partial charge in [-0.15, -0.1) is 0 Å². The molecule has 0 fully saturated rings. The minimum atomic E-state index is -0.943. The average molecular weight is 223 g/mol. The zero-order chi connectivity index (χ0) is 12.8. The van der Waals surface area contributed by atoms with Gasteiger partial charge >= 0.3 is 5.97 Å². The number of rotatable bonds is 3. The maximum atomic E-state index is 11.0. The number of hydrogen-bond acceptors (Lipinski definition) is 2. The lowest BCUT2D eigenvalue weighted by Gasteiger charge is -2.27. The fourth-order valence-corrected chi connectivity index (χ4v) is 1.21. The molecular weight excluding hydrogens is 202 g/mol. The predicted octanol–water partition coefficient (Wildman–Crippen LogP) is 2.82. The molecule has 1 aromatic rings. The van der Waals surface area contributed by atoms with Gasteiger partial charge in [-0.1, -0.05) is 44.2 Å². The van der Waals surface area contributed by atoms with E-state index in [9.17, 15) is 4.79 Å². The maximum absolute atomic E-state index is 11.0. The van der Waals surface area contributed by atoms with Crippen molar-refractivity contribution in [1.29, 1.82) is 0 Å². The van der Waals surface area contributed by atoms with Crippen LogP contribution < -0.4 is 5.73 Å². The lowest BCUT2D eigenvalue weighted by atomic mass is 9.81. The van der Waals surface area contributed by atoms with E-state index < -0.39 is 17.4 Å². The molecule has 0 radical (unpaired) electrons. The van der Waals surface area contributed by atoms with Gasteiger partial charge in [-0.25, -0.2) is 0 Å². The highest BCUT2D eigenvalue weighted by atomic mass is 16.4. The van der Waals surface area contributed by atoms with E-state index in [1.165, 1.54) is 0 Å². The maximum Gasteiger partial charge on any atom is 0.311 e. The van der Waals surface area contributed by atoms with Crippen molar-refractivity contribution in [3.8, 4) is 0 Å². The highest BCUT2D eigenvalue weighted by Gasteiger charge is 2.35. The molecule has 1 atom stereocenters. The van der Waals surface area contributed by atoms with E-state index in [4.69, 9.17) is 10.8 Å². The molecule has 3 heteroatoms. The molecule has 0 aliphatic heterocycles. The molecule has 3 N–H and O–H groups in total. The van der Waals surface area contributed by atoms with E-state index in [2.05, 4.69) is 0 Å². The molecule has 1 rings (SSSR count). The fraction of sp³-hybridized carbons (Fsp3) is 0.462. The van der Waals surface area contributed by atoms with Crippen molar-refractivity contribution >= 4 is 5.97 Å². The van der Waals surface area contributed by atoms with Gasteiger partial charge in [0.2, 0.25) is 0 Å². The standard InChI is InChI=1S/C11H15NO2.C2H6/c1-11(2,10(13)14)9(12)8-6-4-3-5-7-8;1-2/h3-7,9H,12H2,1-2H3,(H,13,14);1-2H3. The van der Waals surface area contributed by atoms with E-state index in [1.54, 1.807) is 13.8 Å². The second-order valence-corrected chi connectivity index (χ2v) is 3.92. The molecule has 1 aromatic carbocycles. The number of benzene rings is 1. The molecule has 1 unspecified atom stereocenters. The first-order valence-corrected chi connectivity index (χ1v) is 5.50. The topological polar surface area (TPSA) is 63.3 Å². The van der Waals surface area contributed by atoms with Gasteiger partial charge in [-0.05, 0) is 19.4 Å². The molecule has 0 saturated heterocycles. The summed E-state index contributed by atoms with van der Waals surface area (Å²) in [5.41, 5.74) is 5.80. The van der Waals surface area contributed by atoms with Crippen LogP contribution in [-0.4, -0.2) is 11.1 Å². The van der Waals surface area contributed by atoms with Crippen LogP contribution in [0.2, 0.25) is 0 Å². The first-order valence-electron chi connectivity index (χ1n) is 5.50. The monoisotopic (exact) mass is 223 g/mol. The van der Waals surface area contributed by atoms with Crippen molar-refractivity contribution in [3.05, 3.63) is 35.9 Å². The van der Waals surface area contributed by atoms with Crippen molar-refractivity contribution in [2.75, 3.05) is 0 Å². The number of hydrogen-bond donors (Lipinski definition) is 2. The van der Waals surface area contributed by atoms with Crippen molar-refractivity contribution in [2.45, 2.75) is 33.7 Å². The Morgan fingerprint density at radius 3 is 2.06 bits per heavy atom. The Morgan fingerprint density at radius 1 is 1.25 bits per heavy atom. The zero-order valence-electron chi connectivity index (χ0n) is 10.4. The molecule has 0 aliphatic carbocycles. The predicted molar refractivity (Wildman–Crippen MR) is 66.1 cm³/mol. The Balaban J connectivity index is 0.00000106. The van der Waals surface area contributed by atoms with Gasteiger partial charge in [0.1, 0.15) is 0 Å². The van der Waals surface area contributed by atoms with E-state index in [1.807, 2.05) is 44.2 Å². The lowest BCUT2D eigenvalue weighted by Crippen LogP contribution is -2.36. The van der Waals surface area contributed by atoms with E-state index >= 15 is 0 Å². The summed E-state index contributed by atoms with van der Waals surface area (Å²) in [5, 5.41) is 8.99. The molecule has 0 bridgehead atoms. The summed E-state index contributed by atoms with van der Waals surface area (Å²) >= 11 is 0. The summed E-state index contributed by atoms with van der Waals surface area (Å²) in [5.74, 6) is -0.881. The van der Waals surface area contributed by atoms with Crippen LogP contribution in [0.4, 0.5) is 0 Å². The van der Waals surface area contributed by atoms with Gasteiger partial charge in [0, 0.05) is 6.04 Å². The molecule has 16 heavy (non-hydrogen) atoms. The Kier molecular flexibility index (Phi) is 5.75. The van der Waals surface area contributed by atoms with Crippen molar-refractivity contribution in [3.63, 3.8) is 0 Å². The third-order valence-electron chi connectivity index (χ3n) is 2.49. The molecule has 0 aromatic heterocycles. The van der Waals surface area contributed by atoms with Crippen LogP contribution in [0.3, 0.4) is 0 Å². The van der Waals surface area contributed by atoms with Gasteiger partial charge < -0.3 is 10.8 Å². The van der Waals surface area contributed by atoms with Gasteiger partial charge in [0.15, 0.2) is 0 Å². The number of carboxylic acids is 1. The van der Waals surface area contributed by atoms with Crippen LogP contribution in [-0.2, 0) is 4.79 Å². The Bertz CT molecular complexity index is 320. The molecular formula is C13H21NO2. The van der Waals surface area contributed by atoms with Crippen molar-refractivity contribution in [2.24, 2.45) is 11.1 Å². The first kappa shape index (κ1) is 14.6. The first-order chi connectivity index (χ1) is 7.46. The van der Waals surface area contributed by atoms with Crippen molar-refractivity contribution < 1.29 is 9.90 Å². The van der Waals surface area contributed by atoms with E-state index in [-0.39, 0.29) is 0 Å². The molecule has 0 aliphatic rings. The Morgan fingerprint density at radius 2 is 1.69 bits per heavy atom. The van der Waals surface area contributed by atoms with Crippen LogP contribution in [0.5, 0.6) is 0 Å². The summed E-state index contributed by atoms with van der Waals surface area (Å²) in [6, 6.07) is 8.79. The number of carboxylic acid groups (broad SMARTS) is 1. The summed E-state index contributed by atoms with van der Waals surface area (Å²) in [7, 11) is 0. The molecule has 0 saturated carbocycles. The molecule has 0 heterocycles. The van der Waals surface area contributed by atoms with Gasteiger partial charge in [0.25, 0.3) is 0 Å². The highest BCUT2D eigenvalue weighted by Crippen LogP contribution is 2.31. The smallest absolute Gasteiger partial charge is 0.311 e. The Hall–Kier alpha value is -1.35. The minimum absolute atomic E-state index is 0.485. The largest absolute Gasteiger partial charge is 0.481 e. The number of aliphatic carboxylic acids is 1. The number of carbonyl (C=O) groups is 1. The van der Waals surface area contributed by atoms with E-state index in [0.717, 1.165) is 5.56 Å². The summed E-state index contributed by atoms with van der Waals surface area (Å²) in [4.78, 5) is 11.0. The zero-order valence-corrected chi connectivity index (χ0v) is 10.4. The lowest BCUT2D eigenvalue weighted by molar-refractivity contribution is -0.148. The SMILES string of the molecule is CC.CC(C)(C(=O)O)C(N)c1ccccc1. The molecule has 3 nitrogen and oxygen atoms in total. The second-order valence-electron chi connectivity index (χ2n) is 3.92. The molecule has 0 amide bonds. The normalized spacial score (nSPS) is 12.3. The number of nitrogens with two attached hydrogens (primary N) is 1. The third-order valence-corrected chi connectivity index (χ3v) is 2.49. The summed E-state index contributed by atoms with van der Waals surface area (Å²) in [6.45, 7) is 7.26. The third kappa shape index (κ3) is 3.35. The quantitative estimate of drug-likeness (QED) is 0.828.